The van der Waals surface area contributed by atoms with Crippen molar-refractivity contribution in [3.63, 3.8) is 0 Å². The number of aryl methyl sites for hydroxylation is 2. The minimum atomic E-state index is -3.48. The molecule has 0 radical (unpaired) electrons. The topological polar surface area (TPSA) is 63.0 Å². The molecule has 0 bridgehead atoms. The third-order valence-electron chi connectivity index (χ3n) is 4.10. The summed E-state index contributed by atoms with van der Waals surface area (Å²) in [6.07, 6.45) is 1.80. The van der Waals surface area contributed by atoms with E-state index in [9.17, 15) is 8.42 Å². The molecule has 0 unspecified atom stereocenters. The molecule has 1 aromatic heterocycles. The predicted octanol–water partition coefficient (Wildman–Crippen LogP) is 1.63. The molecule has 126 valence electrons. The quantitative estimate of drug-likeness (QED) is 0.760. The van der Waals surface area contributed by atoms with Gasteiger partial charge in [-0.1, -0.05) is 0 Å². The lowest BCUT2D eigenvalue weighted by molar-refractivity contribution is 0.151. The molecule has 6 nitrogen and oxygen atoms in total. The molecule has 1 atom stereocenters. The number of hydrogen-bond donors (Lipinski definition) is 0. The van der Waals surface area contributed by atoms with Gasteiger partial charge in [-0.25, -0.2) is 8.42 Å². The van der Waals surface area contributed by atoms with Crippen LogP contribution in [-0.2, 0) is 14.8 Å². The van der Waals surface area contributed by atoms with Crippen LogP contribution in [-0.4, -0.2) is 64.1 Å². The average Bonchev–Trinajstić information content (AvgIpc) is 3.03. The summed E-state index contributed by atoms with van der Waals surface area (Å²) in [5, 5.41) is 0. The van der Waals surface area contributed by atoms with Gasteiger partial charge >= 0.3 is 0 Å². The monoisotopic (exact) mass is 330 g/mol. The Bertz CT molecular complexity index is 597. The minimum Gasteiger partial charge on any atom is -0.465 e. The molecule has 7 heteroatoms. The Morgan fingerprint density at radius 1 is 1.45 bits per heavy atom. The molecule has 1 aliphatic rings. The molecule has 0 spiro atoms. The summed E-state index contributed by atoms with van der Waals surface area (Å²) in [4.78, 5) is 2.42. The summed E-state index contributed by atoms with van der Waals surface area (Å²) in [6, 6.07) is 1.63. The Balaban J connectivity index is 2.14. The van der Waals surface area contributed by atoms with Crippen molar-refractivity contribution in [2.45, 2.75) is 37.6 Å². The van der Waals surface area contributed by atoms with Crippen LogP contribution in [0.3, 0.4) is 0 Å². The molecule has 1 fully saturated rings. The number of likely N-dealkylation sites (N-methyl/N-ethyl adjacent to an activating group) is 1. The van der Waals surface area contributed by atoms with Crippen LogP contribution in [0.5, 0.6) is 0 Å². The van der Waals surface area contributed by atoms with Gasteiger partial charge in [0, 0.05) is 32.8 Å². The molecule has 1 aliphatic heterocycles. The van der Waals surface area contributed by atoms with Gasteiger partial charge in [0.2, 0.25) is 10.0 Å². The second-order valence-corrected chi connectivity index (χ2v) is 7.80. The van der Waals surface area contributed by atoms with Gasteiger partial charge < -0.3 is 14.1 Å². The maximum Gasteiger partial charge on any atom is 0.246 e. The van der Waals surface area contributed by atoms with Crippen LogP contribution in [0.2, 0.25) is 0 Å². The highest BCUT2D eigenvalue weighted by molar-refractivity contribution is 7.89. The van der Waals surface area contributed by atoms with E-state index >= 15 is 0 Å². The molecule has 0 amide bonds. The van der Waals surface area contributed by atoms with Crippen molar-refractivity contribution >= 4 is 10.0 Å². The van der Waals surface area contributed by atoms with Gasteiger partial charge in [0.05, 0.1) is 6.61 Å². The van der Waals surface area contributed by atoms with Crippen molar-refractivity contribution < 1.29 is 17.6 Å². The van der Waals surface area contributed by atoms with E-state index in [2.05, 4.69) is 4.90 Å². The van der Waals surface area contributed by atoms with E-state index in [0.29, 0.717) is 29.6 Å². The lowest BCUT2D eigenvalue weighted by Gasteiger charge is -2.27. The molecule has 1 saturated heterocycles. The Kier molecular flexibility index (Phi) is 5.65. The average molecular weight is 330 g/mol. The van der Waals surface area contributed by atoms with Crippen molar-refractivity contribution in [1.82, 2.24) is 9.21 Å². The maximum atomic E-state index is 12.9. The third kappa shape index (κ3) is 3.71. The van der Waals surface area contributed by atoms with Crippen LogP contribution in [0.4, 0.5) is 0 Å². The summed E-state index contributed by atoms with van der Waals surface area (Å²) < 4.78 is 37.9. The first-order chi connectivity index (χ1) is 10.4. The second-order valence-electron chi connectivity index (χ2n) is 5.94. The van der Waals surface area contributed by atoms with Gasteiger partial charge in [-0.2, -0.15) is 4.31 Å². The fourth-order valence-electron chi connectivity index (χ4n) is 3.00. The standard InChI is InChI=1S/C15H26N2O4S/c1-12-10-15(13(2)21-12)22(18,19)17-7-5-6-14(17)11-16(3)8-9-20-4/h10,14H,5-9,11H2,1-4H3/t14-/m0/s1. The van der Waals surface area contributed by atoms with Crippen LogP contribution in [0.1, 0.15) is 24.4 Å². The molecule has 0 saturated carbocycles. The largest absolute Gasteiger partial charge is 0.465 e. The first kappa shape index (κ1) is 17.5. The summed E-state index contributed by atoms with van der Waals surface area (Å²) in [5.41, 5.74) is 0. The van der Waals surface area contributed by atoms with Crippen molar-refractivity contribution in [1.29, 1.82) is 0 Å². The van der Waals surface area contributed by atoms with Gasteiger partial charge in [-0.3, -0.25) is 0 Å². The van der Waals surface area contributed by atoms with Gasteiger partial charge in [-0.05, 0) is 39.8 Å². The highest BCUT2D eigenvalue weighted by Gasteiger charge is 2.37. The summed E-state index contributed by atoms with van der Waals surface area (Å²) >= 11 is 0. The number of hydrogen-bond acceptors (Lipinski definition) is 5. The fourth-order valence-corrected chi connectivity index (χ4v) is 4.90. The molecule has 1 aromatic rings. The first-order valence-electron chi connectivity index (χ1n) is 7.62. The summed E-state index contributed by atoms with van der Waals surface area (Å²) in [6.45, 7) is 6.22. The summed E-state index contributed by atoms with van der Waals surface area (Å²) in [7, 11) is 0.184. The van der Waals surface area contributed by atoms with E-state index in [1.165, 1.54) is 0 Å². The minimum absolute atomic E-state index is 0.0152. The zero-order chi connectivity index (χ0) is 16.3. The van der Waals surface area contributed by atoms with E-state index in [4.69, 9.17) is 9.15 Å². The highest BCUT2D eigenvalue weighted by Crippen LogP contribution is 2.29. The Morgan fingerprint density at radius 3 is 2.77 bits per heavy atom. The Labute approximate surface area is 133 Å². The van der Waals surface area contributed by atoms with Crippen LogP contribution in [0.15, 0.2) is 15.4 Å². The van der Waals surface area contributed by atoms with Crippen LogP contribution in [0.25, 0.3) is 0 Å². The first-order valence-corrected chi connectivity index (χ1v) is 9.06. The van der Waals surface area contributed by atoms with Gasteiger partial charge in [0.1, 0.15) is 16.4 Å². The van der Waals surface area contributed by atoms with Gasteiger partial charge in [0.25, 0.3) is 0 Å². The lowest BCUT2D eigenvalue weighted by atomic mass is 10.2. The van der Waals surface area contributed by atoms with Crippen LogP contribution in [0, 0.1) is 13.8 Å². The summed E-state index contributed by atoms with van der Waals surface area (Å²) in [5.74, 6) is 1.10. The zero-order valence-electron chi connectivity index (χ0n) is 13.8. The molecular formula is C15H26N2O4S. The van der Waals surface area contributed by atoms with E-state index in [1.54, 1.807) is 31.3 Å². The number of methoxy groups -OCH3 is 1. The SMILES string of the molecule is COCCN(C)C[C@@H]1CCCN1S(=O)(=O)c1cc(C)oc1C. The molecule has 0 N–H and O–H groups in total. The number of ether oxygens (including phenoxy) is 1. The van der Waals surface area contributed by atoms with E-state index < -0.39 is 10.0 Å². The van der Waals surface area contributed by atoms with Crippen LogP contribution >= 0.6 is 0 Å². The number of sulfonamides is 1. The zero-order valence-corrected chi connectivity index (χ0v) is 14.6. The third-order valence-corrected chi connectivity index (χ3v) is 6.16. The molecule has 0 aromatic carbocycles. The maximum absolute atomic E-state index is 12.9. The van der Waals surface area contributed by atoms with E-state index in [1.807, 2.05) is 7.05 Å². The van der Waals surface area contributed by atoms with Crippen molar-refractivity contribution in [3.05, 3.63) is 17.6 Å². The molecule has 0 aliphatic carbocycles. The lowest BCUT2D eigenvalue weighted by Crippen LogP contribution is -2.42. The molecular weight excluding hydrogens is 304 g/mol. The van der Waals surface area contributed by atoms with Gasteiger partial charge in [-0.15, -0.1) is 0 Å². The van der Waals surface area contributed by atoms with Gasteiger partial charge in [0.15, 0.2) is 0 Å². The van der Waals surface area contributed by atoms with Crippen molar-refractivity contribution in [2.75, 3.05) is 40.4 Å². The highest BCUT2D eigenvalue weighted by atomic mass is 32.2. The van der Waals surface area contributed by atoms with E-state index in [-0.39, 0.29) is 6.04 Å². The number of rotatable bonds is 7. The normalized spacial score (nSPS) is 20.1. The second kappa shape index (κ2) is 7.12. The Morgan fingerprint density at radius 2 is 2.18 bits per heavy atom. The molecule has 2 heterocycles. The van der Waals surface area contributed by atoms with Crippen molar-refractivity contribution in [2.24, 2.45) is 0 Å². The fraction of sp³-hybridized carbons (Fsp3) is 0.733. The predicted molar refractivity (Wildman–Crippen MR) is 84.5 cm³/mol. The van der Waals surface area contributed by atoms with E-state index in [0.717, 1.165) is 25.9 Å². The molecule has 2 rings (SSSR count). The number of nitrogens with zero attached hydrogens (tertiary/aromatic N) is 2. The Hall–Kier alpha value is -0.890. The van der Waals surface area contributed by atoms with Crippen LogP contribution < -0.4 is 0 Å². The number of furan rings is 1. The molecule has 22 heavy (non-hydrogen) atoms. The van der Waals surface area contributed by atoms with Crippen molar-refractivity contribution in [3.8, 4) is 0 Å². The smallest absolute Gasteiger partial charge is 0.246 e.